The average Bonchev–Trinajstić information content (AvgIpc) is 3.11. The predicted octanol–water partition coefficient (Wildman–Crippen LogP) is 2.86. The smallest absolute Gasteiger partial charge is 0.220 e. The van der Waals surface area contributed by atoms with E-state index < -0.39 is 0 Å². The van der Waals surface area contributed by atoms with Gasteiger partial charge in [0.1, 0.15) is 0 Å². The summed E-state index contributed by atoms with van der Waals surface area (Å²) in [6, 6.07) is 3.94. The number of amides is 1. The van der Waals surface area contributed by atoms with Crippen LogP contribution in [0.15, 0.2) is 24.8 Å². The summed E-state index contributed by atoms with van der Waals surface area (Å²) in [7, 11) is 3.25. The van der Waals surface area contributed by atoms with Gasteiger partial charge in [-0.15, -0.1) is 19.0 Å². The van der Waals surface area contributed by atoms with E-state index in [9.17, 15) is 4.79 Å². The molecule has 1 unspecified atom stereocenters. The maximum absolute atomic E-state index is 12.1. The highest BCUT2D eigenvalue weighted by atomic mass is 35.5. The number of benzene rings is 1. The molecule has 1 aliphatic rings. The minimum absolute atomic E-state index is 0. The van der Waals surface area contributed by atoms with Crippen molar-refractivity contribution in [1.29, 1.82) is 0 Å². The number of nitrogens with one attached hydrogen (secondary N) is 2. The van der Waals surface area contributed by atoms with Crippen LogP contribution in [0.4, 0.5) is 0 Å². The zero-order chi connectivity index (χ0) is 17.4. The van der Waals surface area contributed by atoms with Gasteiger partial charge in [0.25, 0.3) is 0 Å². The standard InChI is InChI=1S/C19H28N2O3.ClH/c1-4-5-16-10-15(11-17(23-2)19(16)24-3)13-21-18(22)7-6-14-8-9-20-12-14;/h4,10-11,14,20H,1,5-9,12-13H2,2-3H3,(H,21,22);1H. The Morgan fingerprint density at radius 1 is 1.40 bits per heavy atom. The van der Waals surface area contributed by atoms with Crippen molar-refractivity contribution in [1.82, 2.24) is 10.6 Å². The van der Waals surface area contributed by atoms with Crippen LogP contribution >= 0.6 is 12.4 Å². The molecule has 6 heteroatoms. The maximum Gasteiger partial charge on any atom is 0.220 e. The highest BCUT2D eigenvalue weighted by molar-refractivity contribution is 5.85. The summed E-state index contributed by atoms with van der Waals surface area (Å²) in [5.74, 6) is 2.14. The van der Waals surface area contributed by atoms with Crippen molar-refractivity contribution in [2.45, 2.75) is 32.2 Å². The van der Waals surface area contributed by atoms with Crippen molar-refractivity contribution in [2.24, 2.45) is 5.92 Å². The first-order valence-electron chi connectivity index (χ1n) is 8.50. The van der Waals surface area contributed by atoms with Crippen LogP contribution < -0.4 is 20.1 Å². The molecule has 0 bridgehead atoms. The lowest BCUT2D eigenvalue weighted by atomic mass is 10.0. The van der Waals surface area contributed by atoms with E-state index in [4.69, 9.17) is 9.47 Å². The molecule has 1 heterocycles. The zero-order valence-electron chi connectivity index (χ0n) is 15.1. The molecule has 140 valence electrons. The molecule has 5 nitrogen and oxygen atoms in total. The second kappa shape index (κ2) is 11.0. The van der Waals surface area contributed by atoms with Gasteiger partial charge in [-0.2, -0.15) is 0 Å². The minimum Gasteiger partial charge on any atom is -0.493 e. The number of halogens is 1. The quantitative estimate of drug-likeness (QED) is 0.658. The molecule has 0 aliphatic carbocycles. The van der Waals surface area contributed by atoms with Crippen molar-refractivity contribution in [3.8, 4) is 11.5 Å². The lowest BCUT2D eigenvalue weighted by Crippen LogP contribution is -2.23. The van der Waals surface area contributed by atoms with E-state index in [-0.39, 0.29) is 18.3 Å². The summed E-state index contributed by atoms with van der Waals surface area (Å²) >= 11 is 0. The van der Waals surface area contributed by atoms with E-state index in [0.717, 1.165) is 36.4 Å². The lowest BCUT2D eigenvalue weighted by molar-refractivity contribution is -0.121. The number of hydrogen-bond donors (Lipinski definition) is 2. The van der Waals surface area contributed by atoms with Crippen LogP contribution in [0, 0.1) is 5.92 Å². The molecule has 1 amide bonds. The van der Waals surface area contributed by atoms with Crippen LogP contribution in [0.25, 0.3) is 0 Å². The highest BCUT2D eigenvalue weighted by Gasteiger charge is 2.16. The Kier molecular flexibility index (Phi) is 9.39. The average molecular weight is 369 g/mol. The van der Waals surface area contributed by atoms with E-state index in [1.807, 2.05) is 18.2 Å². The van der Waals surface area contributed by atoms with E-state index in [1.54, 1.807) is 14.2 Å². The molecule has 25 heavy (non-hydrogen) atoms. The van der Waals surface area contributed by atoms with Gasteiger partial charge in [-0.05, 0) is 56.0 Å². The first-order chi connectivity index (χ1) is 11.7. The molecular weight excluding hydrogens is 340 g/mol. The monoisotopic (exact) mass is 368 g/mol. The number of allylic oxidation sites excluding steroid dienone is 1. The van der Waals surface area contributed by atoms with E-state index in [0.29, 0.717) is 31.1 Å². The molecular formula is C19H29ClN2O3. The van der Waals surface area contributed by atoms with Crippen LogP contribution in [0.3, 0.4) is 0 Å². The number of methoxy groups -OCH3 is 2. The van der Waals surface area contributed by atoms with Crippen LogP contribution in [-0.2, 0) is 17.8 Å². The Labute approximate surface area is 156 Å². The Balaban J connectivity index is 0.00000312. The fourth-order valence-electron chi connectivity index (χ4n) is 3.10. The molecule has 1 atom stereocenters. The minimum atomic E-state index is 0. The van der Waals surface area contributed by atoms with Gasteiger partial charge in [-0.3, -0.25) is 4.79 Å². The molecule has 1 aromatic carbocycles. The van der Waals surface area contributed by atoms with Crippen LogP contribution in [0.1, 0.15) is 30.4 Å². The lowest BCUT2D eigenvalue weighted by Gasteiger charge is -2.15. The predicted molar refractivity (Wildman–Crippen MR) is 103 cm³/mol. The Morgan fingerprint density at radius 3 is 2.80 bits per heavy atom. The van der Waals surface area contributed by atoms with Gasteiger partial charge in [-0.25, -0.2) is 0 Å². The SMILES string of the molecule is C=CCc1cc(CNC(=O)CCC2CCNC2)cc(OC)c1OC.Cl. The number of carbonyl (C=O) groups is 1. The number of ether oxygens (including phenoxy) is 2. The highest BCUT2D eigenvalue weighted by Crippen LogP contribution is 2.33. The summed E-state index contributed by atoms with van der Waals surface area (Å²) in [5, 5.41) is 6.33. The molecule has 0 aromatic heterocycles. The van der Waals surface area contributed by atoms with E-state index in [1.165, 1.54) is 6.42 Å². The normalized spacial score (nSPS) is 16.0. The molecule has 0 radical (unpaired) electrons. The summed E-state index contributed by atoms with van der Waals surface area (Å²) in [6.07, 6.45) is 5.23. The number of carbonyl (C=O) groups excluding carboxylic acids is 1. The van der Waals surface area contributed by atoms with Gasteiger partial charge in [-0.1, -0.05) is 6.08 Å². The molecule has 0 spiro atoms. The van der Waals surface area contributed by atoms with Crippen molar-refractivity contribution >= 4 is 18.3 Å². The van der Waals surface area contributed by atoms with Crippen molar-refractivity contribution < 1.29 is 14.3 Å². The Bertz CT molecular complexity index is 572. The van der Waals surface area contributed by atoms with Gasteiger partial charge in [0.05, 0.1) is 14.2 Å². The van der Waals surface area contributed by atoms with Gasteiger partial charge in [0.15, 0.2) is 11.5 Å². The number of rotatable bonds is 9. The van der Waals surface area contributed by atoms with Gasteiger partial charge >= 0.3 is 0 Å². The number of hydrogen-bond acceptors (Lipinski definition) is 4. The van der Waals surface area contributed by atoms with E-state index >= 15 is 0 Å². The van der Waals surface area contributed by atoms with Crippen LogP contribution in [-0.4, -0.2) is 33.2 Å². The fraction of sp³-hybridized carbons (Fsp3) is 0.526. The molecule has 2 rings (SSSR count). The molecule has 2 N–H and O–H groups in total. The van der Waals surface area contributed by atoms with Crippen LogP contribution in [0.5, 0.6) is 11.5 Å². The van der Waals surface area contributed by atoms with Crippen molar-refractivity contribution in [3.63, 3.8) is 0 Å². The third-order valence-electron chi connectivity index (χ3n) is 4.41. The molecule has 1 fully saturated rings. The summed E-state index contributed by atoms with van der Waals surface area (Å²) < 4.78 is 10.8. The topological polar surface area (TPSA) is 59.6 Å². The summed E-state index contributed by atoms with van der Waals surface area (Å²) in [5.41, 5.74) is 2.01. The molecule has 0 saturated carbocycles. The Hall–Kier alpha value is -1.72. The summed E-state index contributed by atoms with van der Waals surface area (Å²) in [4.78, 5) is 12.1. The first kappa shape index (κ1) is 21.3. The third kappa shape index (κ3) is 6.25. The summed E-state index contributed by atoms with van der Waals surface area (Å²) in [6.45, 7) is 6.38. The second-order valence-corrected chi connectivity index (χ2v) is 6.16. The van der Waals surface area contributed by atoms with Crippen molar-refractivity contribution in [2.75, 3.05) is 27.3 Å². The molecule has 1 aliphatic heterocycles. The second-order valence-electron chi connectivity index (χ2n) is 6.16. The zero-order valence-corrected chi connectivity index (χ0v) is 15.9. The van der Waals surface area contributed by atoms with Crippen molar-refractivity contribution in [3.05, 3.63) is 35.9 Å². The fourth-order valence-corrected chi connectivity index (χ4v) is 3.10. The van der Waals surface area contributed by atoms with E-state index in [2.05, 4.69) is 17.2 Å². The molecule has 1 saturated heterocycles. The largest absolute Gasteiger partial charge is 0.493 e. The first-order valence-corrected chi connectivity index (χ1v) is 8.50. The van der Waals surface area contributed by atoms with Gasteiger partial charge in [0, 0.05) is 18.5 Å². The van der Waals surface area contributed by atoms with Crippen LogP contribution in [0.2, 0.25) is 0 Å². The molecule has 1 aromatic rings. The third-order valence-corrected chi connectivity index (χ3v) is 4.41. The maximum atomic E-state index is 12.1. The van der Waals surface area contributed by atoms with Gasteiger partial charge in [0.2, 0.25) is 5.91 Å². The Morgan fingerprint density at radius 2 is 2.20 bits per heavy atom. The van der Waals surface area contributed by atoms with Gasteiger partial charge < -0.3 is 20.1 Å².